The fourth-order valence-corrected chi connectivity index (χ4v) is 3.24. The van der Waals surface area contributed by atoms with Gasteiger partial charge >= 0.3 is 6.01 Å². The monoisotopic (exact) mass is 379 g/mol. The fraction of sp³-hybridized carbons (Fsp3) is 0.300. The Morgan fingerprint density at radius 3 is 2.71 bits per heavy atom. The zero-order chi connectivity index (χ0) is 19.3. The highest BCUT2D eigenvalue weighted by atomic mass is 16.5. The van der Waals surface area contributed by atoms with Crippen LogP contribution >= 0.6 is 0 Å². The normalized spacial score (nSPS) is 14.8. The number of piperidine rings is 1. The van der Waals surface area contributed by atoms with Gasteiger partial charge in [-0.05, 0) is 48.7 Å². The maximum Gasteiger partial charge on any atom is 0.324 e. The molecule has 4 rings (SSSR count). The van der Waals surface area contributed by atoms with Crippen LogP contribution in [0.5, 0.6) is 5.75 Å². The van der Waals surface area contributed by atoms with Crippen LogP contribution in [0.2, 0.25) is 0 Å². The summed E-state index contributed by atoms with van der Waals surface area (Å²) in [5, 5.41) is 16.4. The van der Waals surface area contributed by atoms with Crippen LogP contribution in [0.15, 0.2) is 53.3 Å². The predicted molar refractivity (Wildman–Crippen MR) is 102 cm³/mol. The van der Waals surface area contributed by atoms with Gasteiger partial charge in [-0.3, -0.25) is 9.78 Å². The Labute approximate surface area is 162 Å². The maximum atomic E-state index is 12.4. The first-order valence-corrected chi connectivity index (χ1v) is 9.24. The molecule has 1 aliphatic heterocycles. The summed E-state index contributed by atoms with van der Waals surface area (Å²) >= 11 is 0. The van der Waals surface area contributed by atoms with Gasteiger partial charge in [0.1, 0.15) is 5.75 Å². The lowest BCUT2D eigenvalue weighted by Gasteiger charge is -2.29. The van der Waals surface area contributed by atoms with E-state index in [0.29, 0.717) is 31.5 Å². The number of rotatable bonds is 5. The number of benzene rings is 1. The molecule has 1 fully saturated rings. The van der Waals surface area contributed by atoms with Crippen LogP contribution in [0.4, 0.5) is 6.01 Å². The Morgan fingerprint density at radius 1 is 1.21 bits per heavy atom. The summed E-state index contributed by atoms with van der Waals surface area (Å²) in [6, 6.07) is 10.9. The molecule has 0 spiro atoms. The number of anilines is 1. The molecule has 28 heavy (non-hydrogen) atoms. The molecule has 144 valence electrons. The van der Waals surface area contributed by atoms with E-state index in [4.69, 9.17) is 4.52 Å². The Bertz CT molecular complexity index is 919. The van der Waals surface area contributed by atoms with Crippen molar-refractivity contribution in [3.05, 3.63) is 54.4 Å². The third kappa shape index (κ3) is 4.11. The van der Waals surface area contributed by atoms with Gasteiger partial charge in [-0.15, -0.1) is 0 Å². The molecule has 1 aliphatic rings. The number of aromatic hydroxyl groups is 1. The number of phenolic OH excluding ortho intramolecular Hbond substituents is 1. The van der Waals surface area contributed by atoms with Gasteiger partial charge in [0.15, 0.2) is 0 Å². The molecule has 2 aromatic heterocycles. The lowest BCUT2D eigenvalue weighted by Crippen LogP contribution is -2.40. The number of carbonyl (C=O) groups excluding carboxylic acids is 1. The average Bonchev–Trinajstić information content (AvgIpc) is 3.24. The van der Waals surface area contributed by atoms with Crippen LogP contribution in [0.1, 0.15) is 18.4 Å². The first-order chi connectivity index (χ1) is 13.7. The van der Waals surface area contributed by atoms with Gasteiger partial charge < -0.3 is 19.8 Å². The molecular weight excluding hydrogens is 358 g/mol. The van der Waals surface area contributed by atoms with Gasteiger partial charge in [0.2, 0.25) is 11.7 Å². The number of hydrogen-bond donors (Lipinski definition) is 2. The number of carbonyl (C=O) groups is 1. The van der Waals surface area contributed by atoms with Crippen LogP contribution in [0, 0.1) is 5.92 Å². The lowest BCUT2D eigenvalue weighted by molar-refractivity contribution is -0.125. The maximum absolute atomic E-state index is 12.4. The van der Waals surface area contributed by atoms with Gasteiger partial charge in [0.25, 0.3) is 0 Å². The fourth-order valence-electron chi connectivity index (χ4n) is 3.24. The van der Waals surface area contributed by atoms with Crippen molar-refractivity contribution in [3.63, 3.8) is 0 Å². The Hall–Kier alpha value is -3.42. The molecule has 3 aromatic rings. The summed E-state index contributed by atoms with van der Waals surface area (Å²) in [5.41, 5.74) is 1.76. The smallest absolute Gasteiger partial charge is 0.324 e. The number of phenols is 1. The molecule has 1 aromatic carbocycles. The van der Waals surface area contributed by atoms with Gasteiger partial charge in [-0.25, -0.2) is 0 Å². The van der Waals surface area contributed by atoms with Gasteiger partial charge in [0.05, 0.1) is 0 Å². The summed E-state index contributed by atoms with van der Waals surface area (Å²) in [5.74, 6) is 0.717. The lowest BCUT2D eigenvalue weighted by atomic mass is 9.96. The Morgan fingerprint density at radius 2 is 2.00 bits per heavy atom. The van der Waals surface area contributed by atoms with Crippen molar-refractivity contribution in [3.8, 4) is 17.1 Å². The van der Waals surface area contributed by atoms with Gasteiger partial charge in [-0.1, -0.05) is 11.2 Å². The number of aromatic nitrogens is 3. The van der Waals surface area contributed by atoms with E-state index in [-0.39, 0.29) is 17.6 Å². The average molecular weight is 379 g/mol. The van der Waals surface area contributed by atoms with Crippen LogP contribution in [-0.4, -0.2) is 39.2 Å². The van der Waals surface area contributed by atoms with Crippen LogP contribution < -0.4 is 10.2 Å². The van der Waals surface area contributed by atoms with E-state index in [1.807, 2.05) is 17.0 Å². The van der Waals surface area contributed by atoms with Crippen molar-refractivity contribution < 1.29 is 14.4 Å². The molecule has 1 saturated heterocycles. The predicted octanol–water partition coefficient (Wildman–Crippen LogP) is 2.37. The number of nitrogens with one attached hydrogen (secondary N) is 1. The van der Waals surface area contributed by atoms with Crippen LogP contribution in [-0.2, 0) is 11.3 Å². The third-order valence-electron chi connectivity index (χ3n) is 4.87. The summed E-state index contributed by atoms with van der Waals surface area (Å²) in [6.07, 6.45) is 4.93. The van der Waals surface area contributed by atoms with Crippen molar-refractivity contribution >= 4 is 11.9 Å². The van der Waals surface area contributed by atoms with Crippen LogP contribution in [0.25, 0.3) is 11.4 Å². The minimum absolute atomic E-state index is 0.0209. The molecule has 0 aliphatic carbocycles. The van der Waals surface area contributed by atoms with E-state index < -0.39 is 0 Å². The highest BCUT2D eigenvalue weighted by Gasteiger charge is 2.27. The molecule has 8 heteroatoms. The molecule has 3 heterocycles. The van der Waals surface area contributed by atoms with Gasteiger partial charge in [-0.2, -0.15) is 4.98 Å². The first kappa shape index (κ1) is 18.0. The number of nitrogens with zero attached hydrogens (tertiary/aromatic N) is 4. The topological polar surface area (TPSA) is 104 Å². The minimum atomic E-state index is -0.0209. The molecule has 0 atom stereocenters. The number of pyridine rings is 1. The van der Waals surface area contributed by atoms with Gasteiger partial charge in [0, 0.05) is 43.5 Å². The standard InChI is InChI=1S/C20H21N5O3/c26-17-5-3-15(4-6-17)18-23-20(28-24-18)25-10-7-16(8-11-25)19(27)22-13-14-2-1-9-21-12-14/h1-6,9,12,16,26H,7-8,10-11,13H2,(H,22,27). The first-order valence-electron chi connectivity index (χ1n) is 9.24. The van der Waals surface area contributed by atoms with E-state index in [2.05, 4.69) is 20.4 Å². The molecule has 0 saturated carbocycles. The van der Waals surface area contributed by atoms with Crippen molar-refractivity contribution in [2.24, 2.45) is 5.92 Å². The molecule has 2 N–H and O–H groups in total. The number of amides is 1. The van der Waals surface area contributed by atoms with E-state index in [9.17, 15) is 9.90 Å². The van der Waals surface area contributed by atoms with E-state index in [0.717, 1.165) is 24.0 Å². The molecule has 1 amide bonds. The van der Waals surface area contributed by atoms with E-state index >= 15 is 0 Å². The highest BCUT2D eigenvalue weighted by molar-refractivity contribution is 5.78. The van der Waals surface area contributed by atoms with Crippen molar-refractivity contribution in [2.45, 2.75) is 19.4 Å². The van der Waals surface area contributed by atoms with Crippen molar-refractivity contribution in [1.82, 2.24) is 20.4 Å². The highest BCUT2D eigenvalue weighted by Crippen LogP contribution is 2.25. The van der Waals surface area contributed by atoms with E-state index in [1.165, 1.54) is 0 Å². The van der Waals surface area contributed by atoms with Crippen molar-refractivity contribution in [1.29, 1.82) is 0 Å². The zero-order valence-electron chi connectivity index (χ0n) is 15.3. The summed E-state index contributed by atoms with van der Waals surface area (Å²) in [6.45, 7) is 1.86. The largest absolute Gasteiger partial charge is 0.508 e. The molecular formula is C20H21N5O3. The molecule has 8 nitrogen and oxygen atoms in total. The van der Waals surface area contributed by atoms with E-state index in [1.54, 1.807) is 36.7 Å². The summed E-state index contributed by atoms with van der Waals surface area (Å²) in [7, 11) is 0. The second-order valence-electron chi connectivity index (χ2n) is 6.79. The third-order valence-corrected chi connectivity index (χ3v) is 4.87. The Kier molecular flexibility index (Phi) is 5.18. The summed E-state index contributed by atoms with van der Waals surface area (Å²) in [4.78, 5) is 22.9. The van der Waals surface area contributed by atoms with Crippen molar-refractivity contribution in [2.75, 3.05) is 18.0 Å². The summed E-state index contributed by atoms with van der Waals surface area (Å²) < 4.78 is 5.38. The Balaban J connectivity index is 1.30. The second kappa shape index (κ2) is 8.08. The van der Waals surface area contributed by atoms with Crippen LogP contribution in [0.3, 0.4) is 0 Å². The number of hydrogen-bond acceptors (Lipinski definition) is 7. The molecule has 0 bridgehead atoms. The quantitative estimate of drug-likeness (QED) is 0.701. The second-order valence-corrected chi connectivity index (χ2v) is 6.79. The molecule has 0 unspecified atom stereocenters. The minimum Gasteiger partial charge on any atom is -0.508 e. The molecule has 0 radical (unpaired) electrons. The SMILES string of the molecule is O=C(NCc1cccnc1)C1CCN(c2nc(-c3ccc(O)cc3)no2)CC1. The zero-order valence-corrected chi connectivity index (χ0v) is 15.3.